The third kappa shape index (κ3) is 8.40. The standard InChI is InChI=1S/C32H46N2O4/c1-5-28(35)30(32(2,3)4)33-29(36)22-27(26-15-9-10-16-26)31(37)34(38)21-11-12-23-17-19-25(20-18-23)24-13-7-6-8-14-24/h6-8,13-14,17-20,26-28,30,35,38H,5,9-12,15-16,21-22H2,1-4H3,(H,33,36)/t27-,28+,30+/m0/s1. The predicted octanol–water partition coefficient (Wildman–Crippen LogP) is 6.00. The highest BCUT2D eigenvalue weighted by Gasteiger charge is 2.37. The van der Waals surface area contributed by atoms with Gasteiger partial charge in [0.25, 0.3) is 0 Å². The summed E-state index contributed by atoms with van der Waals surface area (Å²) in [5.74, 6) is -1.06. The van der Waals surface area contributed by atoms with Crippen LogP contribution >= 0.6 is 0 Å². The van der Waals surface area contributed by atoms with E-state index in [0.717, 1.165) is 48.3 Å². The molecular weight excluding hydrogens is 476 g/mol. The maximum atomic E-state index is 13.3. The third-order valence-electron chi connectivity index (χ3n) is 7.89. The Bertz CT molecular complexity index is 1010. The lowest BCUT2D eigenvalue weighted by Gasteiger charge is -2.35. The van der Waals surface area contributed by atoms with E-state index in [1.54, 1.807) is 0 Å². The number of carbonyl (C=O) groups is 2. The van der Waals surface area contributed by atoms with E-state index in [-0.39, 0.29) is 36.1 Å². The van der Waals surface area contributed by atoms with Gasteiger partial charge in [0.15, 0.2) is 0 Å². The number of nitrogens with zero attached hydrogens (tertiary/aromatic N) is 1. The lowest BCUT2D eigenvalue weighted by Crippen LogP contribution is -2.52. The first-order valence-corrected chi connectivity index (χ1v) is 14.2. The molecule has 1 fully saturated rings. The van der Waals surface area contributed by atoms with E-state index in [0.29, 0.717) is 12.8 Å². The van der Waals surface area contributed by atoms with E-state index in [9.17, 15) is 19.9 Å². The molecule has 208 valence electrons. The summed E-state index contributed by atoms with van der Waals surface area (Å²) in [6, 6.07) is 18.2. The van der Waals surface area contributed by atoms with Gasteiger partial charge in [-0.15, -0.1) is 0 Å². The molecule has 1 aliphatic rings. The zero-order valence-electron chi connectivity index (χ0n) is 23.5. The Morgan fingerprint density at radius 1 is 1.00 bits per heavy atom. The van der Waals surface area contributed by atoms with Gasteiger partial charge in [-0.3, -0.25) is 14.8 Å². The number of carbonyl (C=O) groups excluding carboxylic acids is 2. The van der Waals surface area contributed by atoms with Crippen molar-refractivity contribution in [2.24, 2.45) is 17.3 Å². The fourth-order valence-corrected chi connectivity index (χ4v) is 5.60. The summed E-state index contributed by atoms with van der Waals surface area (Å²) in [5.41, 5.74) is 3.16. The Morgan fingerprint density at radius 3 is 2.18 bits per heavy atom. The van der Waals surface area contributed by atoms with Crippen LogP contribution in [0, 0.1) is 17.3 Å². The van der Waals surface area contributed by atoms with Crippen molar-refractivity contribution in [1.82, 2.24) is 10.4 Å². The SMILES string of the molecule is CC[C@@H](O)[C@@H](NC(=O)C[C@H](C(=O)N(O)CCCc1ccc(-c2ccccc2)cc1)C1CCCC1)C(C)(C)C. The van der Waals surface area contributed by atoms with Crippen LogP contribution in [0.3, 0.4) is 0 Å². The molecule has 3 N–H and O–H groups in total. The predicted molar refractivity (Wildman–Crippen MR) is 151 cm³/mol. The Labute approximate surface area is 228 Å². The second kappa shape index (κ2) is 13.9. The average molecular weight is 523 g/mol. The van der Waals surface area contributed by atoms with Crippen molar-refractivity contribution >= 4 is 11.8 Å². The van der Waals surface area contributed by atoms with Crippen LogP contribution in [-0.2, 0) is 16.0 Å². The van der Waals surface area contributed by atoms with E-state index in [4.69, 9.17) is 0 Å². The smallest absolute Gasteiger partial charge is 0.249 e. The van der Waals surface area contributed by atoms with E-state index in [2.05, 4.69) is 41.7 Å². The summed E-state index contributed by atoms with van der Waals surface area (Å²) in [6.45, 7) is 8.08. The number of amides is 2. The maximum absolute atomic E-state index is 13.3. The van der Waals surface area contributed by atoms with Crippen molar-refractivity contribution < 1.29 is 19.9 Å². The number of aliphatic hydroxyl groups excluding tert-OH is 1. The molecule has 0 radical (unpaired) electrons. The fraction of sp³-hybridized carbons (Fsp3) is 0.562. The zero-order valence-corrected chi connectivity index (χ0v) is 23.5. The summed E-state index contributed by atoms with van der Waals surface area (Å²) in [5, 5.41) is 25.0. The van der Waals surface area contributed by atoms with E-state index >= 15 is 0 Å². The van der Waals surface area contributed by atoms with Gasteiger partial charge in [-0.25, -0.2) is 5.06 Å². The van der Waals surface area contributed by atoms with Crippen LogP contribution in [0.5, 0.6) is 0 Å². The maximum Gasteiger partial charge on any atom is 0.249 e. The normalized spacial score (nSPS) is 16.6. The minimum Gasteiger partial charge on any atom is -0.391 e. The summed E-state index contributed by atoms with van der Waals surface area (Å²) in [7, 11) is 0. The number of hydrogen-bond acceptors (Lipinski definition) is 4. The number of aliphatic hydroxyl groups is 1. The highest BCUT2D eigenvalue weighted by Crippen LogP contribution is 2.34. The van der Waals surface area contributed by atoms with Gasteiger partial charge >= 0.3 is 0 Å². The monoisotopic (exact) mass is 522 g/mol. The molecule has 3 rings (SSSR count). The molecule has 2 amide bonds. The Balaban J connectivity index is 1.57. The summed E-state index contributed by atoms with van der Waals surface area (Å²) < 4.78 is 0. The number of aryl methyl sites for hydroxylation is 1. The number of hydrogen-bond donors (Lipinski definition) is 3. The van der Waals surface area contributed by atoms with Crippen LogP contribution in [0.4, 0.5) is 0 Å². The molecular formula is C32H46N2O4. The van der Waals surface area contributed by atoms with Crippen molar-refractivity contribution in [3.05, 3.63) is 60.2 Å². The number of nitrogens with one attached hydrogen (secondary N) is 1. The van der Waals surface area contributed by atoms with Gasteiger partial charge in [-0.05, 0) is 60.1 Å². The van der Waals surface area contributed by atoms with Gasteiger partial charge in [0, 0.05) is 13.0 Å². The molecule has 1 saturated carbocycles. The molecule has 0 unspecified atom stereocenters. The van der Waals surface area contributed by atoms with Crippen molar-refractivity contribution in [2.75, 3.05) is 6.54 Å². The summed E-state index contributed by atoms with van der Waals surface area (Å²) >= 11 is 0. The molecule has 6 nitrogen and oxygen atoms in total. The number of hydroxylamine groups is 2. The van der Waals surface area contributed by atoms with Gasteiger partial charge < -0.3 is 10.4 Å². The van der Waals surface area contributed by atoms with Crippen LogP contribution in [-0.4, -0.2) is 45.9 Å². The lowest BCUT2D eigenvalue weighted by molar-refractivity contribution is -0.173. The van der Waals surface area contributed by atoms with Gasteiger partial charge in [0.2, 0.25) is 11.8 Å². The van der Waals surface area contributed by atoms with Crippen LogP contribution in [0.25, 0.3) is 11.1 Å². The molecule has 0 aliphatic heterocycles. The number of rotatable bonds is 12. The van der Waals surface area contributed by atoms with Gasteiger partial charge in [0.05, 0.1) is 18.1 Å². The van der Waals surface area contributed by atoms with Crippen LogP contribution in [0.1, 0.15) is 78.2 Å². The molecule has 2 aromatic rings. The largest absolute Gasteiger partial charge is 0.391 e. The molecule has 0 saturated heterocycles. The van der Waals surface area contributed by atoms with Crippen molar-refractivity contribution in [2.45, 2.75) is 91.2 Å². The first-order chi connectivity index (χ1) is 18.1. The van der Waals surface area contributed by atoms with E-state index in [1.165, 1.54) is 5.56 Å². The molecule has 1 aliphatic carbocycles. The lowest BCUT2D eigenvalue weighted by atomic mass is 9.81. The second-order valence-electron chi connectivity index (χ2n) is 11.9. The first kappa shape index (κ1) is 29.9. The second-order valence-corrected chi connectivity index (χ2v) is 11.9. The van der Waals surface area contributed by atoms with E-state index < -0.39 is 18.1 Å². The first-order valence-electron chi connectivity index (χ1n) is 14.2. The van der Waals surface area contributed by atoms with Gasteiger partial charge in [-0.1, -0.05) is 95.1 Å². The third-order valence-corrected chi connectivity index (χ3v) is 7.89. The quantitative estimate of drug-likeness (QED) is 0.235. The summed E-state index contributed by atoms with van der Waals surface area (Å²) in [4.78, 5) is 26.4. The molecule has 3 atom stereocenters. The van der Waals surface area contributed by atoms with Crippen LogP contribution < -0.4 is 5.32 Å². The van der Waals surface area contributed by atoms with Crippen LogP contribution in [0.15, 0.2) is 54.6 Å². The average Bonchev–Trinajstić information content (AvgIpc) is 3.44. The Kier molecular flexibility index (Phi) is 10.9. The molecule has 38 heavy (non-hydrogen) atoms. The summed E-state index contributed by atoms with van der Waals surface area (Å²) in [6.07, 6.45) is 5.16. The Morgan fingerprint density at radius 2 is 1.61 bits per heavy atom. The fourth-order valence-electron chi connectivity index (χ4n) is 5.60. The molecule has 0 bridgehead atoms. The zero-order chi connectivity index (χ0) is 27.7. The Hall–Kier alpha value is -2.70. The molecule has 6 heteroatoms. The van der Waals surface area contributed by atoms with Crippen molar-refractivity contribution in [3.8, 4) is 11.1 Å². The van der Waals surface area contributed by atoms with Gasteiger partial charge in [-0.2, -0.15) is 0 Å². The van der Waals surface area contributed by atoms with Crippen LogP contribution in [0.2, 0.25) is 0 Å². The number of benzene rings is 2. The molecule has 0 heterocycles. The van der Waals surface area contributed by atoms with Crippen molar-refractivity contribution in [1.29, 1.82) is 0 Å². The minimum atomic E-state index is -0.657. The van der Waals surface area contributed by atoms with Gasteiger partial charge in [0.1, 0.15) is 0 Å². The molecule has 0 aromatic heterocycles. The topological polar surface area (TPSA) is 89.9 Å². The van der Waals surface area contributed by atoms with Crippen molar-refractivity contribution in [3.63, 3.8) is 0 Å². The molecule has 2 aromatic carbocycles. The minimum absolute atomic E-state index is 0.0323. The highest BCUT2D eigenvalue weighted by atomic mass is 16.5. The highest BCUT2D eigenvalue weighted by molar-refractivity contribution is 5.85. The van der Waals surface area contributed by atoms with E-state index in [1.807, 2.05) is 45.9 Å². The molecule has 0 spiro atoms.